The number of carbonyl (C=O) groups excluding carboxylic acids is 1. The Morgan fingerprint density at radius 3 is 2.29 bits per heavy atom. The molecule has 1 amide bonds. The molecule has 0 radical (unpaired) electrons. The summed E-state index contributed by atoms with van der Waals surface area (Å²) >= 11 is 1.70. The molecule has 28 heavy (non-hydrogen) atoms. The molecule has 0 saturated carbocycles. The maximum absolute atomic E-state index is 11.4. The Kier molecular flexibility index (Phi) is 6.72. The van der Waals surface area contributed by atoms with E-state index in [1.54, 1.807) is 18.7 Å². The molecule has 0 atom stereocenters. The average Bonchev–Trinajstić information content (AvgIpc) is 2.87. The van der Waals surface area contributed by atoms with Crippen molar-refractivity contribution in [2.75, 3.05) is 18.8 Å². The van der Waals surface area contributed by atoms with Crippen molar-refractivity contribution in [3.63, 3.8) is 0 Å². The molecule has 3 heterocycles. The molecule has 2 saturated heterocycles. The van der Waals surface area contributed by atoms with Crippen LogP contribution in [0.25, 0.3) is 0 Å². The number of nitrogens with zero attached hydrogens (tertiary/aromatic N) is 3. The molecular weight excluding hydrogens is 373 g/mol. The maximum atomic E-state index is 11.4. The van der Waals surface area contributed by atoms with Crippen molar-refractivity contribution >= 4 is 30.3 Å². The number of piperidine rings is 1. The van der Waals surface area contributed by atoms with E-state index in [4.69, 9.17) is 9.31 Å². The second kappa shape index (κ2) is 8.72. The van der Waals surface area contributed by atoms with E-state index < -0.39 is 7.12 Å². The van der Waals surface area contributed by atoms with E-state index in [1.165, 1.54) is 6.42 Å². The highest BCUT2D eigenvalue weighted by Crippen LogP contribution is 2.36. The van der Waals surface area contributed by atoms with Gasteiger partial charge < -0.3 is 14.2 Å². The van der Waals surface area contributed by atoms with Crippen molar-refractivity contribution in [3.05, 3.63) is 12.4 Å². The zero-order chi connectivity index (χ0) is 20.4. The van der Waals surface area contributed by atoms with Gasteiger partial charge in [0, 0.05) is 43.6 Å². The Morgan fingerprint density at radius 1 is 1.18 bits per heavy atom. The second-order valence-electron chi connectivity index (χ2n) is 8.83. The first-order valence-electron chi connectivity index (χ1n) is 10.2. The minimum atomic E-state index is -0.412. The van der Waals surface area contributed by atoms with Crippen molar-refractivity contribution in [1.82, 2.24) is 14.9 Å². The Balaban J connectivity index is 1.39. The number of aromatic nitrogens is 2. The molecule has 0 aliphatic carbocycles. The number of rotatable bonds is 6. The van der Waals surface area contributed by atoms with Gasteiger partial charge in [0.05, 0.1) is 11.2 Å². The summed E-state index contributed by atoms with van der Waals surface area (Å²) in [7, 11) is -0.412. The molecule has 0 spiro atoms. The molecule has 2 aliphatic heterocycles. The summed E-state index contributed by atoms with van der Waals surface area (Å²) in [6.07, 6.45) is 8.25. The van der Waals surface area contributed by atoms with E-state index >= 15 is 0 Å². The molecule has 0 bridgehead atoms. The van der Waals surface area contributed by atoms with Gasteiger partial charge in [0.15, 0.2) is 5.16 Å². The van der Waals surface area contributed by atoms with Gasteiger partial charge in [-0.25, -0.2) is 9.97 Å². The molecule has 8 heteroatoms. The van der Waals surface area contributed by atoms with Crippen LogP contribution in [-0.4, -0.2) is 57.9 Å². The predicted molar refractivity (Wildman–Crippen MR) is 113 cm³/mol. The van der Waals surface area contributed by atoms with Gasteiger partial charge in [0.1, 0.15) is 0 Å². The SMILES string of the molecule is CC(=O)N1CCC(CCCSc2ncc(B3OC(C)(C)C(C)(C)O3)cn2)CC1. The van der Waals surface area contributed by atoms with Gasteiger partial charge in [0.25, 0.3) is 0 Å². The first kappa shape index (κ1) is 21.6. The Hall–Kier alpha value is -1.12. The first-order valence-corrected chi connectivity index (χ1v) is 11.2. The molecular formula is C20H32BN3O3S. The van der Waals surface area contributed by atoms with E-state index in [1.807, 2.05) is 45.0 Å². The Bertz CT molecular complexity index is 660. The molecule has 1 aromatic heterocycles. The van der Waals surface area contributed by atoms with Crippen LogP contribution in [0.4, 0.5) is 0 Å². The summed E-state index contributed by atoms with van der Waals surface area (Å²) in [4.78, 5) is 22.3. The smallest absolute Gasteiger partial charge is 0.399 e. The number of carbonyl (C=O) groups is 1. The van der Waals surface area contributed by atoms with Crippen LogP contribution < -0.4 is 5.46 Å². The van der Waals surface area contributed by atoms with Gasteiger partial charge >= 0.3 is 7.12 Å². The monoisotopic (exact) mass is 405 g/mol. The third kappa shape index (κ3) is 5.08. The fourth-order valence-electron chi connectivity index (χ4n) is 3.57. The second-order valence-corrected chi connectivity index (χ2v) is 9.89. The molecule has 2 aliphatic rings. The zero-order valence-electron chi connectivity index (χ0n) is 17.7. The average molecular weight is 405 g/mol. The van der Waals surface area contributed by atoms with Crippen LogP contribution in [-0.2, 0) is 14.1 Å². The van der Waals surface area contributed by atoms with Gasteiger partial charge in [-0.15, -0.1) is 0 Å². The van der Waals surface area contributed by atoms with Gasteiger partial charge in [-0.1, -0.05) is 11.8 Å². The Labute approximate surface area is 173 Å². The van der Waals surface area contributed by atoms with Crippen molar-refractivity contribution in [1.29, 1.82) is 0 Å². The van der Waals surface area contributed by atoms with Gasteiger partial charge in [-0.2, -0.15) is 0 Å². The lowest BCUT2D eigenvalue weighted by Gasteiger charge is -2.32. The minimum absolute atomic E-state index is 0.204. The van der Waals surface area contributed by atoms with Crippen LogP contribution >= 0.6 is 11.8 Å². The highest BCUT2D eigenvalue weighted by atomic mass is 32.2. The lowest BCUT2D eigenvalue weighted by atomic mass is 9.81. The molecule has 2 fully saturated rings. The van der Waals surface area contributed by atoms with Crippen LogP contribution in [0.1, 0.15) is 60.3 Å². The number of hydrogen-bond donors (Lipinski definition) is 0. The van der Waals surface area contributed by atoms with Gasteiger partial charge in [0.2, 0.25) is 5.91 Å². The van der Waals surface area contributed by atoms with Crippen LogP contribution in [0.3, 0.4) is 0 Å². The molecule has 1 aromatic rings. The number of likely N-dealkylation sites (tertiary alicyclic amines) is 1. The summed E-state index contributed by atoms with van der Waals surface area (Å²) in [5.74, 6) is 1.96. The maximum Gasteiger partial charge on any atom is 0.498 e. The van der Waals surface area contributed by atoms with E-state index in [9.17, 15) is 4.79 Å². The fraction of sp³-hybridized carbons (Fsp3) is 0.750. The van der Waals surface area contributed by atoms with Crippen LogP contribution in [0.2, 0.25) is 0 Å². The molecule has 3 rings (SSSR count). The van der Waals surface area contributed by atoms with Crippen LogP contribution in [0.5, 0.6) is 0 Å². The van der Waals surface area contributed by atoms with Crippen LogP contribution in [0.15, 0.2) is 17.6 Å². The summed E-state index contributed by atoms with van der Waals surface area (Å²) in [6.45, 7) is 11.7. The molecule has 6 nitrogen and oxygen atoms in total. The predicted octanol–water partition coefficient (Wildman–Crippen LogP) is 2.91. The fourth-order valence-corrected chi connectivity index (χ4v) is 4.32. The van der Waals surface area contributed by atoms with E-state index in [0.717, 1.165) is 54.6 Å². The topological polar surface area (TPSA) is 64.6 Å². The van der Waals surface area contributed by atoms with E-state index in [2.05, 4.69) is 9.97 Å². The standard InChI is InChI=1S/C20H32BN3O3S/c1-15(25)24-10-8-16(9-11-24)7-6-12-28-18-22-13-17(14-23-18)21-26-19(2,3)20(4,5)27-21/h13-14,16H,6-12H2,1-5H3. The largest absolute Gasteiger partial charge is 0.498 e. The van der Waals surface area contributed by atoms with Crippen molar-refractivity contribution in [3.8, 4) is 0 Å². The molecule has 0 unspecified atom stereocenters. The molecule has 0 aromatic carbocycles. The zero-order valence-corrected chi connectivity index (χ0v) is 18.6. The van der Waals surface area contributed by atoms with Crippen molar-refractivity contribution in [2.24, 2.45) is 5.92 Å². The first-order chi connectivity index (χ1) is 13.2. The third-order valence-electron chi connectivity index (χ3n) is 6.22. The number of hydrogen-bond acceptors (Lipinski definition) is 6. The Morgan fingerprint density at radius 2 is 1.75 bits per heavy atom. The van der Waals surface area contributed by atoms with Crippen molar-refractivity contribution in [2.45, 2.75) is 76.7 Å². The summed E-state index contributed by atoms with van der Waals surface area (Å²) in [6, 6.07) is 0. The summed E-state index contributed by atoms with van der Waals surface area (Å²) in [5.41, 5.74) is 0.150. The summed E-state index contributed by atoms with van der Waals surface area (Å²) < 4.78 is 12.1. The number of amides is 1. The minimum Gasteiger partial charge on any atom is -0.399 e. The highest BCUT2D eigenvalue weighted by molar-refractivity contribution is 7.99. The summed E-state index contributed by atoms with van der Waals surface area (Å²) in [5, 5.41) is 0.798. The molecule has 0 N–H and O–H groups in total. The van der Waals surface area contributed by atoms with E-state index in [-0.39, 0.29) is 17.1 Å². The quantitative estimate of drug-likeness (QED) is 0.314. The molecule has 154 valence electrons. The van der Waals surface area contributed by atoms with Gasteiger partial charge in [-0.3, -0.25) is 4.79 Å². The number of thioether (sulfide) groups is 1. The normalized spacial score (nSPS) is 21.9. The van der Waals surface area contributed by atoms with Gasteiger partial charge in [-0.05, 0) is 59.3 Å². The van der Waals surface area contributed by atoms with Crippen molar-refractivity contribution < 1.29 is 14.1 Å². The highest BCUT2D eigenvalue weighted by Gasteiger charge is 2.51. The van der Waals surface area contributed by atoms with E-state index in [0.29, 0.717) is 0 Å². The van der Waals surface area contributed by atoms with Crippen LogP contribution in [0, 0.1) is 5.92 Å². The lowest BCUT2D eigenvalue weighted by Crippen LogP contribution is -2.41. The lowest BCUT2D eigenvalue weighted by molar-refractivity contribution is -0.130. The third-order valence-corrected chi connectivity index (χ3v) is 7.18.